The zero-order valence-electron chi connectivity index (χ0n) is 11.6. The molecule has 0 heterocycles. The quantitative estimate of drug-likeness (QED) is 0.750. The fourth-order valence-corrected chi connectivity index (χ4v) is 1.75. The highest BCUT2D eigenvalue weighted by Gasteiger charge is 2.09. The lowest BCUT2D eigenvalue weighted by atomic mass is 10.1. The van der Waals surface area contributed by atoms with Gasteiger partial charge in [0.05, 0.1) is 0 Å². The minimum Gasteiger partial charge on any atom is -0.481 e. The van der Waals surface area contributed by atoms with Crippen LogP contribution in [0.1, 0.15) is 31.7 Å². The third-order valence-electron chi connectivity index (χ3n) is 2.82. The zero-order valence-corrected chi connectivity index (χ0v) is 11.6. The Kier molecular flexibility index (Phi) is 5.96. The van der Waals surface area contributed by atoms with E-state index in [4.69, 9.17) is 5.11 Å². The standard InChI is InChI=1S/C14H19FN2O3/c1-9-8-11(6-7-12(9)15)17-14(20)16-10(2)4-3-5-13(18)19/h6-8,10H,3-5H2,1-2H3,(H,18,19)(H2,16,17,20). The van der Waals surface area contributed by atoms with Gasteiger partial charge in [0.25, 0.3) is 0 Å². The van der Waals surface area contributed by atoms with Crippen LogP contribution in [0.2, 0.25) is 0 Å². The van der Waals surface area contributed by atoms with E-state index in [0.717, 1.165) is 0 Å². The van der Waals surface area contributed by atoms with Crippen molar-refractivity contribution in [2.75, 3.05) is 5.32 Å². The number of halogens is 1. The van der Waals surface area contributed by atoms with E-state index >= 15 is 0 Å². The van der Waals surface area contributed by atoms with Crippen molar-refractivity contribution in [1.82, 2.24) is 5.32 Å². The molecule has 6 heteroatoms. The lowest BCUT2D eigenvalue weighted by Crippen LogP contribution is -2.36. The predicted molar refractivity (Wildman–Crippen MR) is 74.2 cm³/mol. The van der Waals surface area contributed by atoms with Gasteiger partial charge in [-0.2, -0.15) is 0 Å². The van der Waals surface area contributed by atoms with Crippen molar-refractivity contribution in [3.8, 4) is 0 Å². The van der Waals surface area contributed by atoms with Gasteiger partial charge in [-0.25, -0.2) is 9.18 Å². The van der Waals surface area contributed by atoms with Gasteiger partial charge in [-0.15, -0.1) is 0 Å². The summed E-state index contributed by atoms with van der Waals surface area (Å²) in [5, 5.41) is 13.8. The van der Waals surface area contributed by atoms with Crippen LogP contribution in [-0.2, 0) is 4.79 Å². The summed E-state index contributed by atoms with van der Waals surface area (Å²) in [6.07, 6.45) is 1.18. The van der Waals surface area contributed by atoms with Crippen LogP contribution >= 0.6 is 0 Å². The first-order valence-corrected chi connectivity index (χ1v) is 6.44. The van der Waals surface area contributed by atoms with Gasteiger partial charge in [0.1, 0.15) is 5.82 Å². The van der Waals surface area contributed by atoms with Crippen molar-refractivity contribution in [3.63, 3.8) is 0 Å². The Morgan fingerprint density at radius 1 is 1.40 bits per heavy atom. The van der Waals surface area contributed by atoms with Crippen LogP contribution in [-0.4, -0.2) is 23.1 Å². The second kappa shape index (κ2) is 7.47. The average Bonchev–Trinajstić information content (AvgIpc) is 2.33. The summed E-state index contributed by atoms with van der Waals surface area (Å²) < 4.78 is 13.1. The monoisotopic (exact) mass is 282 g/mol. The minimum atomic E-state index is -0.844. The SMILES string of the molecule is Cc1cc(NC(=O)NC(C)CCCC(=O)O)ccc1F. The second-order valence-corrected chi connectivity index (χ2v) is 4.75. The second-order valence-electron chi connectivity index (χ2n) is 4.75. The van der Waals surface area contributed by atoms with Gasteiger partial charge in [0, 0.05) is 18.2 Å². The molecule has 0 bridgehead atoms. The van der Waals surface area contributed by atoms with Crippen LogP contribution in [0.3, 0.4) is 0 Å². The van der Waals surface area contributed by atoms with Crippen molar-refractivity contribution in [3.05, 3.63) is 29.6 Å². The first kappa shape index (κ1) is 15.9. The highest BCUT2D eigenvalue weighted by Crippen LogP contribution is 2.13. The molecule has 110 valence electrons. The molecular weight excluding hydrogens is 263 g/mol. The largest absolute Gasteiger partial charge is 0.481 e. The van der Waals surface area contributed by atoms with E-state index in [-0.39, 0.29) is 24.3 Å². The molecule has 0 saturated heterocycles. The number of hydrogen-bond acceptors (Lipinski definition) is 2. The van der Waals surface area contributed by atoms with E-state index in [9.17, 15) is 14.0 Å². The van der Waals surface area contributed by atoms with Crippen LogP contribution < -0.4 is 10.6 Å². The first-order valence-electron chi connectivity index (χ1n) is 6.44. The molecule has 5 nitrogen and oxygen atoms in total. The van der Waals surface area contributed by atoms with Gasteiger partial charge in [0.15, 0.2) is 0 Å². The summed E-state index contributed by atoms with van der Waals surface area (Å²) in [4.78, 5) is 22.1. The first-order chi connectivity index (χ1) is 9.38. The summed E-state index contributed by atoms with van der Waals surface area (Å²) in [6.45, 7) is 3.42. The normalized spacial score (nSPS) is 11.8. The molecular formula is C14H19FN2O3. The maximum Gasteiger partial charge on any atom is 0.319 e. The number of benzene rings is 1. The van der Waals surface area contributed by atoms with Gasteiger partial charge in [0.2, 0.25) is 0 Å². The molecule has 0 saturated carbocycles. The number of carboxylic acid groups (broad SMARTS) is 1. The van der Waals surface area contributed by atoms with E-state index in [2.05, 4.69) is 10.6 Å². The number of rotatable bonds is 6. The highest BCUT2D eigenvalue weighted by atomic mass is 19.1. The molecule has 1 unspecified atom stereocenters. The van der Waals surface area contributed by atoms with Crippen LogP contribution in [0.25, 0.3) is 0 Å². The van der Waals surface area contributed by atoms with Crippen LogP contribution in [0.15, 0.2) is 18.2 Å². The Morgan fingerprint density at radius 2 is 2.10 bits per heavy atom. The van der Waals surface area contributed by atoms with Crippen molar-refractivity contribution >= 4 is 17.7 Å². The molecule has 0 aromatic heterocycles. The molecule has 0 radical (unpaired) electrons. The third-order valence-corrected chi connectivity index (χ3v) is 2.82. The lowest BCUT2D eigenvalue weighted by Gasteiger charge is -2.14. The summed E-state index contributed by atoms with van der Waals surface area (Å²) in [6, 6.07) is 3.80. The van der Waals surface area contributed by atoms with E-state index in [1.54, 1.807) is 19.9 Å². The molecule has 2 amide bonds. The van der Waals surface area contributed by atoms with Crippen molar-refractivity contribution in [1.29, 1.82) is 0 Å². The summed E-state index contributed by atoms with van der Waals surface area (Å²) in [7, 11) is 0. The van der Waals surface area contributed by atoms with E-state index in [1.807, 2.05) is 0 Å². The molecule has 0 aliphatic heterocycles. The van der Waals surface area contributed by atoms with Gasteiger partial charge in [-0.1, -0.05) is 0 Å². The highest BCUT2D eigenvalue weighted by molar-refractivity contribution is 5.89. The minimum absolute atomic E-state index is 0.0881. The van der Waals surface area contributed by atoms with Gasteiger partial charge in [-0.3, -0.25) is 4.79 Å². The number of carboxylic acids is 1. The smallest absolute Gasteiger partial charge is 0.319 e. The Balaban J connectivity index is 2.38. The zero-order chi connectivity index (χ0) is 15.1. The van der Waals surface area contributed by atoms with Gasteiger partial charge in [-0.05, 0) is 50.5 Å². The van der Waals surface area contributed by atoms with Crippen LogP contribution in [0, 0.1) is 12.7 Å². The number of aryl methyl sites for hydroxylation is 1. The molecule has 0 spiro atoms. The van der Waals surface area contributed by atoms with Crippen LogP contribution in [0.5, 0.6) is 0 Å². The number of hydrogen-bond donors (Lipinski definition) is 3. The lowest BCUT2D eigenvalue weighted by molar-refractivity contribution is -0.137. The maximum absolute atomic E-state index is 13.1. The summed E-state index contributed by atoms with van der Waals surface area (Å²) >= 11 is 0. The number of amides is 2. The van der Waals surface area contributed by atoms with Crippen molar-refractivity contribution < 1.29 is 19.1 Å². The topological polar surface area (TPSA) is 78.4 Å². The fraction of sp³-hybridized carbons (Fsp3) is 0.429. The van der Waals surface area contributed by atoms with Crippen LogP contribution in [0.4, 0.5) is 14.9 Å². The molecule has 0 aliphatic rings. The van der Waals surface area contributed by atoms with E-state index in [1.165, 1.54) is 12.1 Å². The summed E-state index contributed by atoms with van der Waals surface area (Å²) in [5.41, 5.74) is 0.969. The van der Waals surface area contributed by atoms with E-state index < -0.39 is 5.97 Å². The summed E-state index contributed by atoms with van der Waals surface area (Å²) in [5.74, 6) is -1.17. The maximum atomic E-state index is 13.1. The molecule has 1 rings (SSSR count). The molecule has 0 fully saturated rings. The molecule has 1 aromatic carbocycles. The molecule has 0 aliphatic carbocycles. The Bertz CT molecular complexity index is 491. The number of nitrogens with one attached hydrogen (secondary N) is 2. The number of carbonyl (C=O) groups excluding carboxylic acids is 1. The average molecular weight is 282 g/mol. The Hall–Kier alpha value is -2.11. The fourth-order valence-electron chi connectivity index (χ4n) is 1.75. The Morgan fingerprint density at radius 3 is 2.70 bits per heavy atom. The number of carbonyl (C=O) groups is 2. The van der Waals surface area contributed by atoms with Gasteiger partial charge < -0.3 is 15.7 Å². The van der Waals surface area contributed by atoms with Crippen molar-refractivity contribution in [2.45, 2.75) is 39.2 Å². The molecule has 3 N–H and O–H groups in total. The molecule has 20 heavy (non-hydrogen) atoms. The Labute approximate surface area is 117 Å². The number of urea groups is 1. The van der Waals surface area contributed by atoms with E-state index in [0.29, 0.717) is 24.1 Å². The molecule has 1 aromatic rings. The number of aliphatic carboxylic acids is 1. The number of anilines is 1. The third kappa shape index (κ3) is 5.69. The van der Waals surface area contributed by atoms with Gasteiger partial charge >= 0.3 is 12.0 Å². The predicted octanol–water partition coefficient (Wildman–Crippen LogP) is 2.90. The van der Waals surface area contributed by atoms with Crippen molar-refractivity contribution in [2.24, 2.45) is 0 Å². The molecule has 1 atom stereocenters.